The molecule has 0 aliphatic rings. The molecule has 0 aromatic carbocycles. The molecule has 2 heteroatoms. The van der Waals surface area contributed by atoms with Crippen molar-refractivity contribution in [3.8, 4) is 0 Å². The molecule has 0 rings (SSSR count). The van der Waals surface area contributed by atoms with Crippen LogP contribution in [0.5, 0.6) is 0 Å². The molecular formula is C8H15NS. The second-order valence-corrected chi connectivity index (χ2v) is 3.03. The lowest BCUT2D eigenvalue weighted by Gasteiger charge is -2.14. The van der Waals surface area contributed by atoms with E-state index in [1.807, 2.05) is 0 Å². The van der Waals surface area contributed by atoms with Crippen molar-refractivity contribution in [2.45, 2.75) is 27.2 Å². The van der Waals surface area contributed by atoms with Crippen LogP contribution in [0.2, 0.25) is 0 Å². The first-order chi connectivity index (χ1) is 4.72. The number of aliphatic imine (C=N–C) groups is 1. The van der Waals surface area contributed by atoms with Crippen LogP contribution in [0.15, 0.2) is 4.99 Å². The summed E-state index contributed by atoms with van der Waals surface area (Å²) in [4.78, 5) is 3.93. The Balaban J connectivity index is 3.70. The molecular weight excluding hydrogens is 142 g/mol. The van der Waals surface area contributed by atoms with Gasteiger partial charge < -0.3 is 0 Å². The summed E-state index contributed by atoms with van der Waals surface area (Å²) in [6, 6.07) is 0. The summed E-state index contributed by atoms with van der Waals surface area (Å²) in [5, 5.41) is 2.40. The van der Waals surface area contributed by atoms with Gasteiger partial charge in [-0.05, 0) is 24.1 Å². The molecule has 1 unspecified atom stereocenters. The third kappa shape index (κ3) is 3.76. The molecule has 0 fully saturated rings. The molecule has 0 amide bonds. The van der Waals surface area contributed by atoms with Gasteiger partial charge in [-0.2, -0.15) is 0 Å². The molecule has 0 aliphatic heterocycles. The summed E-state index contributed by atoms with van der Waals surface area (Å²) in [7, 11) is 0. The standard InChI is InChI=1S/C8H15NS/c1-4-8(7(2)3)5-9-6-10/h7-8H,4-5H2,1-3H3. The van der Waals surface area contributed by atoms with E-state index in [4.69, 9.17) is 0 Å². The Morgan fingerprint density at radius 2 is 2.10 bits per heavy atom. The van der Waals surface area contributed by atoms with Gasteiger partial charge in [0.05, 0.1) is 11.7 Å². The van der Waals surface area contributed by atoms with Gasteiger partial charge in [0, 0.05) is 0 Å². The van der Waals surface area contributed by atoms with Crippen molar-refractivity contribution in [3.63, 3.8) is 0 Å². The zero-order chi connectivity index (χ0) is 7.98. The van der Waals surface area contributed by atoms with Crippen LogP contribution in [0.3, 0.4) is 0 Å². The molecule has 0 saturated heterocycles. The topological polar surface area (TPSA) is 12.4 Å². The van der Waals surface area contributed by atoms with Crippen LogP contribution in [0, 0.1) is 11.8 Å². The quantitative estimate of drug-likeness (QED) is 0.451. The average molecular weight is 157 g/mol. The van der Waals surface area contributed by atoms with Crippen LogP contribution in [0.25, 0.3) is 0 Å². The third-order valence-corrected chi connectivity index (χ3v) is 1.99. The molecule has 0 spiro atoms. The lowest BCUT2D eigenvalue weighted by Crippen LogP contribution is -2.10. The molecule has 1 nitrogen and oxygen atoms in total. The van der Waals surface area contributed by atoms with Crippen molar-refractivity contribution < 1.29 is 0 Å². The van der Waals surface area contributed by atoms with Gasteiger partial charge in [0.25, 0.3) is 0 Å². The highest BCUT2D eigenvalue weighted by atomic mass is 32.1. The number of isothiocyanates is 1. The number of nitrogens with zero attached hydrogens (tertiary/aromatic N) is 1. The zero-order valence-electron chi connectivity index (χ0n) is 6.92. The zero-order valence-corrected chi connectivity index (χ0v) is 7.74. The van der Waals surface area contributed by atoms with Crippen LogP contribution >= 0.6 is 12.2 Å². The van der Waals surface area contributed by atoms with Crippen molar-refractivity contribution in [1.29, 1.82) is 0 Å². The second kappa shape index (κ2) is 5.57. The fraction of sp³-hybridized carbons (Fsp3) is 0.875. The van der Waals surface area contributed by atoms with E-state index in [0.717, 1.165) is 6.54 Å². The molecule has 0 saturated carbocycles. The van der Waals surface area contributed by atoms with Gasteiger partial charge in [0.15, 0.2) is 0 Å². The van der Waals surface area contributed by atoms with Gasteiger partial charge >= 0.3 is 0 Å². The summed E-state index contributed by atoms with van der Waals surface area (Å²) in [6.07, 6.45) is 1.18. The molecule has 0 heterocycles. The van der Waals surface area contributed by atoms with Crippen molar-refractivity contribution >= 4 is 17.4 Å². The Hall–Kier alpha value is -0.200. The maximum absolute atomic E-state index is 4.49. The molecule has 0 aliphatic carbocycles. The molecule has 0 aromatic heterocycles. The summed E-state index contributed by atoms with van der Waals surface area (Å²) in [5.74, 6) is 1.38. The van der Waals surface area contributed by atoms with E-state index in [1.165, 1.54) is 6.42 Å². The predicted molar refractivity (Wildman–Crippen MR) is 48.5 cm³/mol. The highest BCUT2D eigenvalue weighted by Gasteiger charge is 2.08. The van der Waals surface area contributed by atoms with Crippen molar-refractivity contribution in [2.75, 3.05) is 6.54 Å². The number of hydrogen-bond acceptors (Lipinski definition) is 2. The minimum atomic E-state index is 0.676. The minimum Gasteiger partial charge on any atom is -0.232 e. The van der Waals surface area contributed by atoms with Gasteiger partial charge in [-0.25, -0.2) is 4.99 Å². The lowest BCUT2D eigenvalue weighted by atomic mass is 9.94. The number of rotatable bonds is 4. The average Bonchev–Trinajstić information content (AvgIpc) is 1.89. The maximum atomic E-state index is 4.49. The molecule has 58 valence electrons. The van der Waals surface area contributed by atoms with Gasteiger partial charge in [-0.3, -0.25) is 0 Å². The van der Waals surface area contributed by atoms with E-state index in [9.17, 15) is 0 Å². The summed E-state index contributed by atoms with van der Waals surface area (Å²) in [6.45, 7) is 7.46. The first-order valence-corrected chi connectivity index (χ1v) is 4.16. The van der Waals surface area contributed by atoms with E-state index < -0.39 is 0 Å². The third-order valence-electron chi connectivity index (χ3n) is 1.86. The van der Waals surface area contributed by atoms with E-state index in [1.54, 1.807) is 0 Å². The number of thiocarbonyl (C=S) groups is 1. The second-order valence-electron chi connectivity index (χ2n) is 2.84. The van der Waals surface area contributed by atoms with Crippen LogP contribution in [-0.2, 0) is 0 Å². The smallest absolute Gasteiger partial charge is 0.0585 e. The van der Waals surface area contributed by atoms with E-state index in [2.05, 4.69) is 43.1 Å². The van der Waals surface area contributed by atoms with Crippen LogP contribution in [0.4, 0.5) is 0 Å². The fourth-order valence-corrected chi connectivity index (χ4v) is 1.04. The normalized spacial score (nSPS) is 12.8. The predicted octanol–water partition coefficient (Wildman–Crippen LogP) is 2.77. The molecule has 0 aromatic rings. The maximum Gasteiger partial charge on any atom is 0.0585 e. The van der Waals surface area contributed by atoms with E-state index in [0.29, 0.717) is 11.8 Å². The molecule has 0 radical (unpaired) electrons. The largest absolute Gasteiger partial charge is 0.232 e. The molecule has 0 bridgehead atoms. The lowest BCUT2D eigenvalue weighted by molar-refractivity contribution is 0.384. The van der Waals surface area contributed by atoms with Gasteiger partial charge in [-0.15, -0.1) is 0 Å². The Bertz CT molecular complexity index is 125. The first-order valence-electron chi connectivity index (χ1n) is 3.76. The van der Waals surface area contributed by atoms with Crippen molar-refractivity contribution in [2.24, 2.45) is 16.8 Å². The van der Waals surface area contributed by atoms with E-state index in [-0.39, 0.29) is 0 Å². The molecule has 1 atom stereocenters. The Labute approximate surface area is 68.5 Å². The van der Waals surface area contributed by atoms with Crippen LogP contribution in [-0.4, -0.2) is 11.7 Å². The monoisotopic (exact) mass is 157 g/mol. The van der Waals surface area contributed by atoms with Gasteiger partial charge in [-0.1, -0.05) is 27.2 Å². The van der Waals surface area contributed by atoms with Crippen LogP contribution in [0.1, 0.15) is 27.2 Å². The first kappa shape index (κ1) is 9.80. The van der Waals surface area contributed by atoms with Gasteiger partial charge in [0.2, 0.25) is 0 Å². The summed E-state index contributed by atoms with van der Waals surface area (Å²) < 4.78 is 0. The Morgan fingerprint density at radius 1 is 1.50 bits per heavy atom. The molecule has 0 N–H and O–H groups in total. The van der Waals surface area contributed by atoms with Crippen molar-refractivity contribution in [3.05, 3.63) is 0 Å². The Kier molecular flexibility index (Phi) is 5.46. The van der Waals surface area contributed by atoms with E-state index >= 15 is 0 Å². The molecule has 10 heavy (non-hydrogen) atoms. The van der Waals surface area contributed by atoms with Crippen molar-refractivity contribution in [1.82, 2.24) is 0 Å². The number of hydrogen-bond donors (Lipinski definition) is 0. The highest BCUT2D eigenvalue weighted by Crippen LogP contribution is 2.14. The van der Waals surface area contributed by atoms with Crippen LogP contribution < -0.4 is 0 Å². The summed E-state index contributed by atoms with van der Waals surface area (Å²) >= 11 is 4.49. The fourth-order valence-electron chi connectivity index (χ4n) is 0.966. The minimum absolute atomic E-state index is 0.676. The summed E-state index contributed by atoms with van der Waals surface area (Å²) in [5.41, 5.74) is 0. The Morgan fingerprint density at radius 3 is 2.40 bits per heavy atom. The highest BCUT2D eigenvalue weighted by molar-refractivity contribution is 7.78. The van der Waals surface area contributed by atoms with Gasteiger partial charge in [0.1, 0.15) is 0 Å². The SMILES string of the molecule is CCC(CN=C=S)C(C)C.